The minimum absolute atomic E-state index is 0.370. The fourth-order valence-corrected chi connectivity index (χ4v) is 12.4. The molecule has 0 atom stereocenters. The fourth-order valence-electron chi connectivity index (χ4n) is 11.3. The van der Waals surface area contributed by atoms with E-state index in [9.17, 15) is 0 Å². The van der Waals surface area contributed by atoms with Crippen molar-refractivity contribution in [3.8, 4) is 22.6 Å². The Balaban J connectivity index is 0.954. The molecule has 0 amide bonds. The first-order valence-electron chi connectivity index (χ1n) is 20.3. The lowest BCUT2D eigenvalue weighted by atomic mass is 9.48. The molecule has 13 rings (SSSR count). The van der Waals surface area contributed by atoms with Crippen LogP contribution < -0.4 is 14.5 Å². The summed E-state index contributed by atoms with van der Waals surface area (Å²) in [6.07, 6.45) is 8.54. The molecule has 1 aliphatic heterocycles. The molecule has 4 bridgehead atoms. The minimum atomic E-state index is 0.370. The van der Waals surface area contributed by atoms with Gasteiger partial charge in [-0.05, 0) is 169 Å². The standard InChI is InChI=1S/C52H42N2OS/c1-6-15-50-44(10-1)45-30-38(16-25-51(45)56-50)37-8-7-9-43(29-37)53(40-19-17-39(18-20-40)52-31-34-26-35(32-52)28-36(27-34)33-52)41-21-23-42(24-22-41)54-46-11-2-4-13-48(46)55-49-14-5-3-12-47(49)54/h1-25,29-30,34-36H,26-28,31-33H2. The highest BCUT2D eigenvalue weighted by molar-refractivity contribution is 7.25. The largest absolute Gasteiger partial charge is 0.453 e. The van der Waals surface area contributed by atoms with Crippen LogP contribution in [0.5, 0.6) is 11.5 Å². The summed E-state index contributed by atoms with van der Waals surface area (Å²) in [7, 11) is 0. The number of hydrogen-bond donors (Lipinski definition) is 0. The number of ether oxygens (including phenoxy) is 1. The lowest BCUT2D eigenvalue weighted by Gasteiger charge is -2.57. The van der Waals surface area contributed by atoms with Crippen LogP contribution in [0.1, 0.15) is 44.1 Å². The molecule has 0 unspecified atom stereocenters. The Morgan fingerprint density at radius 3 is 1.79 bits per heavy atom. The smallest absolute Gasteiger partial charge is 0.151 e. The number of hydrogen-bond acceptors (Lipinski definition) is 4. The molecule has 272 valence electrons. The molecule has 0 spiro atoms. The summed E-state index contributed by atoms with van der Waals surface area (Å²) in [5.41, 5.74) is 11.0. The summed E-state index contributed by atoms with van der Waals surface area (Å²) in [6, 6.07) is 60.2. The number of benzene rings is 7. The normalized spacial score (nSPS) is 21.9. The number of rotatable bonds is 6. The van der Waals surface area contributed by atoms with Gasteiger partial charge in [-0.15, -0.1) is 11.3 Å². The second-order valence-corrected chi connectivity index (χ2v) is 17.9. The van der Waals surface area contributed by atoms with E-state index in [1.165, 1.54) is 75.5 Å². The maximum absolute atomic E-state index is 6.33. The quantitative estimate of drug-likeness (QED) is 0.169. The molecule has 1 aromatic heterocycles. The second-order valence-electron chi connectivity index (χ2n) is 16.8. The van der Waals surface area contributed by atoms with Crippen molar-refractivity contribution < 1.29 is 4.74 Å². The Morgan fingerprint density at radius 2 is 1.09 bits per heavy atom. The first-order chi connectivity index (χ1) is 27.6. The van der Waals surface area contributed by atoms with Gasteiger partial charge in [0.15, 0.2) is 11.5 Å². The van der Waals surface area contributed by atoms with E-state index in [4.69, 9.17) is 4.74 Å². The predicted molar refractivity (Wildman–Crippen MR) is 234 cm³/mol. The molecule has 4 saturated carbocycles. The van der Waals surface area contributed by atoms with Gasteiger partial charge in [0.05, 0.1) is 11.4 Å². The van der Waals surface area contributed by atoms with Crippen LogP contribution in [-0.4, -0.2) is 0 Å². The number of fused-ring (bicyclic) bond motifs is 5. The maximum Gasteiger partial charge on any atom is 0.151 e. The van der Waals surface area contributed by atoms with Gasteiger partial charge in [-0.2, -0.15) is 0 Å². The van der Waals surface area contributed by atoms with E-state index >= 15 is 0 Å². The monoisotopic (exact) mass is 742 g/mol. The Morgan fingerprint density at radius 1 is 0.500 bits per heavy atom. The van der Waals surface area contributed by atoms with Gasteiger partial charge in [-0.3, -0.25) is 0 Å². The molecule has 5 aliphatic rings. The van der Waals surface area contributed by atoms with Crippen LogP contribution in [0, 0.1) is 17.8 Å². The van der Waals surface area contributed by atoms with Crippen LogP contribution in [0.4, 0.5) is 34.1 Å². The number of para-hydroxylation sites is 4. The van der Waals surface area contributed by atoms with E-state index in [0.717, 1.165) is 57.7 Å². The third-order valence-electron chi connectivity index (χ3n) is 13.4. The Bertz CT molecular complexity index is 2700. The van der Waals surface area contributed by atoms with Gasteiger partial charge < -0.3 is 14.5 Å². The zero-order valence-electron chi connectivity index (χ0n) is 31.3. The van der Waals surface area contributed by atoms with Crippen molar-refractivity contribution in [2.45, 2.75) is 43.9 Å². The zero-order valence-corrected chi connectivity index (χ0v) is 32.1. The van der Waals surface area contributed by atoms with Crippen molar-refractivity contribution in [2.24, 2.45) is 17.8 Å². The van der Waals surface area contributed by atoms with E-state index < -0.39 is 0 Å². The zero-order chi connectivity index (χ0) is 36.8. The van der Waals surface area contributed by atoms with Gasteiger partial charge >= 0.3 is 0 Å². The van der Waals surface area contributed by atoms with Crippen LogP contribution in [0.3, 0.4) is 0 Å². The van der Waals surface area contributed by atoms with Crippen molar-refractivity contribution in [3.05, 3.63) is 169 Å². The second kappa shape index (κ2) is 12.6. The molecule has 4 heteroatoms. The van der Waals surface area contributed by atoms with Crippen molar-refractivity contribution in [1.82, 2.24) is 0 Å². The third kappa shape index (κ3) is 5.23. The first-order valence-corrected chi connectivity index (χ1v) is 21.1. The Labute approximate surface area is 332 Å². The lowest BCUT2D eigenvalue weighted by molar-refractivity contribution is -0.00518. The molecule has 3 nitrogen and oxygen atoms in total. The summed E-state index contributed by atoms with van der Waals surface area (Å²) < 4.78 is 9.00. The van der Waals surface area contributed by atoms with Gasteiger partial charge in [0.2, 0.25) is 0 Å². The minimum Gasteiger partial charge on any atom is -0.453 e. The average molecular weight is 743 g/mol. The van der Waals surface area contributed by atoms with Gasteiger partial charge in [0.1, 0.15) is 0 Å². The number of thiophene rings is 1. The van der Waals surface area contributed by atoms with E-state index in [2.05, 4.69) is 149 Å². The van der Waals surface area contributed by atoms with Gasteiger partial charge in [0, 0.05) is 42.9 Å². The first kappa shape index (κ1) is 32.4. The molecule has 0 radical (unpaired) electrons. The van der Waals surface area contributed by atoms with Gasteiger partial charge in [-0.25, -0.2) is 0 Å². The van der Waals surface area contributed by atoms with Gasteiger partial charge in [-0.1, -0.05) is 72.8 Å². The fraction of sp³-hybridized carbons (Fsp3) is 0.192. The highest BCUT2D eigenvalue weighted by Gasteiger charge is 2.51. The van der Waals surface area contributed by atoms with Crippen LogP contribution in [0.15, 0.2) is 164 Å². The van der Waals surface area contributed by atoms with Crippen LogP contribution in [-0.2, 0) is 5.41 Å². The highest BCUT2D eigenvalue weighted by Crippen LogP contribution is 2.61. The molecule has 4 fully saturated rings. The summed E-state index contributed by atoms with van der Waals surface area (Å²) in [5, 5.41) is 2.66. The van der Waals surface area contributed by atoms with E-state index in [-0.39, 0.29) is 0 Å². The predicted octanol–water partition coefficient (Wildman–Crippen LogP) is 15.2. The highest BCUT2D eigenvalue weighted by atomic mass is 32.1. The summed E-state index contributed by atoms with van der Waals surface area (Å²) in [4.78, 5) is 4.75. The SMILES string of the molecule is c1cc(-c2ccc3sc4ccccc4c3c2)cc(N(c2ccc(N3c4ccccc4Oc4ccccc43)cc2)c2ccc(C34CC5CC(CC(C5)C3)C4)cc2)c1. The topological polar surface area (TPSA) is 15.7 Å². The van der Waals surface area contributed by atoms with Gasteiger partial charge in [0.25, 0.3) is 0 Å². The summed E-state index contributed by atoms with van der Waals surface area (Å²) in [5.74, 6) is 4.50. The molecule has 56 heavy (non-hydrogen) atoms. The summed E-state index contributed by atoms with van der Waals surface area (Å²) >= 11 is 1.87. The van der Waals surface area contributed by atoms with E-state index in [0.29, 0.717) is 5.41 Å². The van der Waals surface area contributed by atoms with Crippen molar-refractivity contribution in [2.75, 3.05) is 9.80 Å². The maximum atomic E-state index is 6.33. The van der Waals surface area contributed by atoms with E-state index in [1.54, 1.807) is 5.56 Å². The summed E-state index contributed by atoms with van der Waals surface area (Å²) in [6.45, 7) is 0. The Kier molecular flexibility index (Phi) is 7.29. The lowest BCUT2D eigenvalue weighted by Crippen LogP contribution is -2.48. The molecular formula is C52H42N2OS. The molecule has 0 saturated heterocycles. The average Bonchev–Trinajstić information content (AvgIpc) is 3.61. The van der Waals surface area contributed by atoms with Crippen LogP contribution >= 0.6 is 11.3 Å². The molecular weight excluding hydrogens is 701 g/mol. The van der Waals surface area contributed by atoms with Crippen LogP contribution in [0.2, 0.25) is 0 Å². The third-order valence-corrected chi connectivity index (χ3v) is 14.5. The molecule has 7 aromatic carbocycles. The Hall–Kier alpha value is -5.84. The molecule has 4 aliphatic carbocycles. The number of nitrogens with zero attached hydrogens (tertiary/aromatic N) is 2. The molecule has 0 N–H and O–H groups in total. The van der Waals surface area contributed by atoms with Crippen molar-refractivity contribution in [3.63, 3.8) is 0 Å². The number of anilines is 6. The van der Waals surface area contributed by atoms with Crippen LogP contribution in [0.25, 0.3) is 31.3 Å². The van der Waals surface area contributed by atoms with E-state index in [1.807, 2.05) is 35.6 Å². The molecule has 8 aromatic rings. The van der Waals surface area contributed by atoms with Crippen molar-refractivity contribution in [1.29, 1.82) is 0 Å². The van der Waals surface area contributed by atoms with Crippen molar-refractivity contribution >= 4 is 65.6 Å². The molecule has 2 heterocycles.